The van der Waals surface area contributed by atoms with E-state index in [1.165, 1.54) is 44.3 Å². The van der Waals surface area contributed by atoms with Gasteiger partial charge < -0.3 is 5.11 Å². The fourth-order valence-corrected chi connectivity index (χ4v) is 8.94. The number of aliphatic carboxylic acids is 1. The molecule has 3 heteroatoms. The maximum Gasteiger partial charge on any atom is 0.309 e. The Bertz CT molecular complexity index is 534. The van der Waals surface area contributed by atoms with Crippen molar-refractivity contribution in [2.24, 2.45) is 39.9 Å². The van der Waals surface area contributed by atoms with E-state index < -0.39 is 11.4 Å². The molecule has 1 N–H and O–H groups in total. The van der Waals surface area contributed by atoms with Crippen molar-refractivity contribution in [1.82, 2.24) is 0 Å². The molecule has 0 aromatic rings. The van der Waals surface area contributed by atoms with Crippen LogP contribution < -0.4 is 0 Å². The van der Waals surface area contributed by atoms with Crippen molar-refractivity contribution in [1.29, 1.82) is 0 Å². The molecule has 24 heavy (non-hydrogen) atoms. The molecule has 0 aromatic carbocycles. The largest absolute Gasteiger partial charge is 0.481 e. The average molecular weight is 351 g/mol. The van der Waals surface area contributed by atoms with E-state index in [0.717, 1.165) is 37.0 Å². The summed E-state index contributed by atoms with van der Waals surface area (Å²) in [4.78, 5) is 12.1. The number of rotatable bonds is 3. The van der Waals surface area contributed by atoms with Crippen molar-refractivity contribution in [2.75, 3.05) is 12.0 Å². The average Bonchev–Trinajstić information content (AvgIpc) is 2.55. The third kappa shape index (κ3) is 2.18. The minimum atomic E-state index is -0.532. The van der Waals surface area contributed by atoms with Gasteiger partial charge in [0.05, 0.1) is 5.41 Å². The fourth-order valence-electron chi connectivity index (χ4n) is 8.12. The van der Waals surface area contributed by atoms with Crippen LogP contribution in [0, 0.1) is 39.9 Å². The van der Waals surface area contributed by atoms with Gasteiger partial charge in [-0.15, -0.1) is 0 Å². The van der Waals surface area contributed by atoms with Gasteiger partial charge in [-0.1, -0.05) is 13.3 Å². The SMILES string of the molecule is CSC[C@@H]1C[C@]23CC[C@H]1C[C@H]2[C@]1(C)CCC[C@@](C)(C(=O)O)[C@H]1CC3. The Labute approximate surface area is 151 Å². The molecule has 0 aliphatic heterocycles. The molecular weight excluding hydrogens is 316 g/mol. The molecule has 0 unspecified atom stereocenters. The van der Waals surface area contributed by atoms with Crippen LogP contribution in [0.25, 0.3) is 0 Å². The molecule has 0 amide bonds. The third-order valence-electron chi connectivity index (χ3n) is 9.20. The summed E-state index contributed by atoms with van der Waals surface area (Å²) >= 11 is 2.03. The van der Waals surface area contributed by atoms with Crippen LogP contribution in [-0.2, 0) is 4.79 Å². The van der Waals surface area contributed by atoms with Gasteiger partial charge in [0.1, 0.15) is 0 Å². The van der Waals surface area contributed by atoms with Gasteiger partial charge in [-0.25, -0.2) is 0 Å². The van der Waals surface area contributed by atoms with Gasteiger partial charge in [0.25, 0.3) is 0 Å². The normalized spacial score (nSPS) is 53.3. The molecule has 2 nitrogen and oxygen atoms in total. The topological polar surface area (TPSA) is 37.3 Å². The van der Waals surface area contributed by atoms with Crippen LogP contribution in [0.15, 0.2) is 0 Å². The van der Waals surface area contributed by atoms with E-state index in [1.807, 2.05) is 11.8 Å². The Morgan fingerprint density at radius 2 is 1.88 bits per heavy atom. The fraction of sp³-hybridized carbons (Fsp3) is 0.952. The number of carboxylic acids is 1. The number of hydrogen-bond donors (Lipinski definition) is 1. The molecule has 136 valence electrons. The Kier molecular flexibility index (Phi) is 4.07. The Hall–Kier alpha value is -0.180. The van der Waals surface area contributed by atoms with E-state index in [9.17, 15) is 9.90 Å². The molecule has 5 rings (SSSR count). The van der Waals surface area contributed by atoms with Gasteiger partial charge in [0.15, 0.2) is 0 Å². The Morgan fingerprint density at radius 3 is 2.58 bits per heavy atom. The van der Waals surface area contributed by atoms with Crippen LogP contribution in [0.3, 0.4) is 0 Å². The lowest BCUT2D eigenvalue weighted by Crippen LogP contribution is -2.62. The summed E-state index contributed by atoms with van der Waals surface area (Å²) in [5.74, 6) is 3.84. The van der Waals surface area contributed by atoms with Crippen molar-refractivity contribution < 1.29 is 9.90 Å². The lowest BCUT2D eigenvalue weighted by molar-refractivity contribution is -0.203. The van der Waals surface area contributed by atoms with Gasteiger partial charge >= 0.3 is 5.97 Å². The van der Waals surface area contributed by atoms with Crippen LogP contribution in [0.5, 0.6) is 0 Å². The summed E-state index contributed by atoms with van der Waals surface area (Å²) in [5.41, 5.74) is 0.341. The zero-order chi connectivity index (χ0) is 17.2. The van der Waals surface area contributed by atoms with Crippen LogP contribution >= 0.6 is 11.8 Å². The highest BCUT2D eigenvalue weighted by Gasteiger charge is 2.65. The van der Waals surface area contributed by atoms with Crippen LogP contribution in [0.1, 0.15) is 71.6 Å². The summed E-state index contributed by atoms with van der Waals surface area (Å²) in [6.07, 6.45) is 13.7. The highest BCUT2D eigenvalue weighted by molar-refractivity contribution is 7.98. The molecule has 5 fully saturated rings. The minimum absolute atomic E-state index is 0.270. The van der Waals surface area contributed by atoms with Crippen LogP contribution in [0.2, 0.25) is 0 Å². The summed E-state index contributed by atoms with van der Waals surface area (Å²) in [5, 5.41) is 9.99. The molecule has 0 heterocycles. The molecule has 1 spiro atoms. The van der Waals surface area contributed by atoms with Crippen LogP contribution in [0.4, 0.5) is 0 Å². The first-order chi connectivity index (χ1) is 11.4. The van der Waals surface area contributed by atoms with E-state index in [2.05, 4.69) is 20.1 Å². The van der Waals surface area contributed by atoms with Gasteiger partial charge in [0, 0.05) is 0 Å². The molecule has 0 radical (unpaired) electrons. The lowest BCUT2D eigenvalue weighted by atomic mass is 9.36. The zero-order valence-corrected chi connectivity index (χ0v) is 16.5. The van der Waals surface area contributed by atoms with Gasteiger partial charge in [-0.3, -0.25) is 4.79 Å². The second kappa shape index (κ2) is 5.66. The first-order valence-electron chi connectivity index (χ1n) is 10.1. The molecule has 7 atom stereocenters. The molecule has 0 saturated heterocycles. The van der Waals surface area contributed by atoms with Gasteiger partial charge in [-0.05, 0) is 105 Å². The van der Waals surface area contributed by atoms with Crippen LogP contribution in [-0.4, -0.2) is 23.1 Å². The first kappa shape index (κ1) is 17.2. The smallest absolute Gasteiger partial charge is 0.309 e. The maximum absolute atomic E-state index is 12.1. The number of carbonyl (C=O) groups is 1. The van der Waals surface area contributed by atoms with E-state index in [4.69, 9.17) is 0 Å². The predicted molar refractivity (Wildman–Crippen MR) is 100 cm³/mol. The number of carboxylic acid groups (broad SMARTS) is 1. The summed E-state index contributed by atoms with van der Waals surface area (Å²) in [6.45, 7) is 4.56. The minimum Gasteiger partial charge on any atom is -0.481 e. The number of thioether (sulfide) groups is 1. The number of fused-ring (bicyclic) bond motifs is 3. The quantitative estimate of drug-likeness (QED) is 0.734. The summed E-state index contributed by atoms with van der Waals surface area (Å²) in [7, 11) is 0. The molecule has 5 aliphatic rings. The first-order valence-corrected chi connectivity index (χ1v) is 11.5. The van der Waals surface area contributed by atoms with Gasteiger partial charge in [0.2, 0.25) is 0 Å². The molecular formula is C21H34O2S. The van der Waals surface area contributed by atoms with Crippen molar-refractivity contribution >= 4 is 17.7 Å². The Morgan fingerprint density at radius 1 is 1.12 bits per heavy atom. The second-order valence-corrected chi connectivity index (χ2v) is 11.0. The van der Waals surface area contributed by atoms with Crippen molar-refractivity contribution in [3.8, 4) is 0 Å². The third-order valence-corrected chi connectivity index (χ3v) is 9.96. The van der Waals surface area contributed by atoms with Crippen molar-refractivity contribution in [2.45, 2.75) is 71.6 Å². The summed E-state index contributed by atoms with van der Waals surface area (Å²) < 4.78 is 0. The standard InChI is InChI=1S/C21H34O2S/c1-19-7-4-8-20(2,18(22)23)16(19)6-10-21-9-5-14(11-17(19)21)15(12-21)13-24-3/h14-17H,4-13H2,1-3H3,(H,22,23)/t14-,15-,16-,17-,19+,20+,21+/m0/s1. The summed E-state index contributed by atoms with van der Waals surface area (Å²) in [6, 6.07) is 0. The lowest BCUT2D eigenvalue weighted by Gasteiger charge is -2.68. The monoisotopic (exact) mass is 350 g/mol. The maximum atomic E-state index is 12.1. The van der Waals surface area contributed by atoms with Crippen molar-refractivity contribution in [3.05, 3.63) is 0 Å². The highest BCUT2D eigenvalue weighted by atomic mass is 32.2. The van der Waals surface area contributed by atoms with E-state index in [1.54, 1.807) is 0 Å². The molecule has 5 saturated carbocycles. The van der Waals surface area contributed by atoms with Gasteiger partial charge in [-0.2, -0.15) is 11.8 Å². The van der Waals surface area contributed by atoms with E-state index in [0.29, 0.717) is 11.3 Å². The molecule has 5 aliphatic carbocycles. The molecule has 2 bridgehead atoms. The number of hydrogen-bond acceptors (Lipinski definition) is 2. The molecule has 0 aromatic heterocycles. The highest BCUT2D eigenvalue weighted by Crippen LogP contribution is 2.72. The predicted octanol–water partition coefficient (Wildman–Crippen LogP) is 5.46. The zero-order valence-electron chi connectivity index (χ0n) is 15.6. The second-order valence-electron chi connectivity index (χ2n) is 10.0. The van der Waals surface area contributed by atoms with E-state index in [-0.39, 0.29) is 5.41 Å². The Balaban J connectivity index is 1.68. The van der Waals surface area contributed by atoms with E-state index >= 15 is 0 Å². The van der Waals surface area contributed by atoms with Crippen molar-refractivity contribution in [3.63, 3.8) is 0 Å².